The zero-order valence-corrected chi connectivity index (χ0v) is 13.9. The summed E-state index contributed by atoms with van der Waals surface area (Å²) in [4.78, 5) is 19.7. The molecule has 0 spiro atoms. The second-order valence-corrected chi connectivity index (χ2v) is 6.84. The number of thiazole rings is 1. The van der Waals surface area contributed by atoms with Gasteiger partial charge in [-0.3, -0.25) is 4.79 Å². The Balaban J connectivity index is 2.19. The Morgan fingerprint density at radius 3 is 2.57 bits per heavy atom. The van der Waals surface area contributed by atoms with Gasteiger partial charge in [-0.25, -0.2) is 4.98 Å². The van der Waals surface area contributed by atoms with E-state index in [1.807, 2.05) is 0 Å². The van der Waals surface area contributed by atoms with Crippen molar-refractivity contribution in [1.82, 2.24) is 4.98 Å². The van der Waals surface area contributed by atoms with Gasteiger partial charge in [-0.2, -0.15) is 0 Å². The van der Waals surface area contributed by atoms with Crippen molar-refractivity contribution in [3.05, 3.63) is 10.6 Å². The molecule has 1 aliphatic rings. The van der Waals surface area contributed by atoms with E-state index in [-0.39, 0.29) is 0 Å². The number of fused-ring (bicyclic) bond motifs is 1. The van der Waals surface area contributed by atoms with E-state index in [1.54, 1.807) is 11.3 Å². The zero-order valence-electron chi connectivity index (χ0n) is 13.1. The topological polar surface area (TPSA) is 53.4 Å². The summed E-state index contributed by atoms with van der Waals surface area (Å²) in [6, 6.07) is 0. The van der Waals surface area contributed by atoms with E-state index in [0.29, 0.717) is 0 Å². The summed E-state index contributed by atoms with van der Waals surface area (Å²) in [6.45, 7) is 6.46. The highest BCUT2D eigenvalue weighted by Crippen LogP contribution is 2.38. The molecule has 1 atom stereocenters. The molecule has 21 heavy (non-hydrogen) atoms. The molecule has 0 radical (unpaired) electrons. The first kappa shape index (κ1) is 16.3. The van der Waals surface area contributed by atoms with Gasteiger partial charge in [-0.05, 0) is 32.1 Å². The first-order chi connectivity index (χ1) is 10.2. The first-order valence-electron chi connectivity index (χ1n) is 8.14. The van der Waals surface area contributed by atoms with Crippen molar-refractivity contribution in [1.29, 1.82) is 0 Å². The van der Waals surface area contributed by atoms with E-state index in [1.165, 1.54) is 17.7 Å². The SMILES string of the molecule is CCCCN(CCCC)c1nc2c(s1)CCCC2C(=O)O. The zero-order chi connectivity index (χ0) is 15.2. The second kappa shape index (κ2) is 7.78. The molecule has 0 fully saturated rings. The Bertz CT molecular complexity index is 465. The fourth-order valence-corrected chi connectivity index (χ4v) is 4.00. The van der Waals surface area contributed by atoms with E-state index in [0.717, 1.165) is 56.0 Å². The molecular weight excluding hydrogens is 284 g/mol. The van der Waals surface area contributed by atoms with Gasteiger partial charge in [0.25, 0.3) is 0 Å². The fraction of sp³-hybridized carbons (Fsp3) is 0.750. The van der Waals surface area contributed by atoms with Gasteiger partial charge in [-0.15, -0.1) is 11.3 Å². The third-order valence-corrected chi connectivity index (χ3v) is 5.27. The van der Waals surface area contributed by atoms with Crippen LogP contribution < -0.4 is 4.90 Å². The lowest BCUT2D eigenvalue weighted by Crippen LogP contribution is -2.25. The minimum atomic E-state index is -0.721. The number of aryl methyl sites for hydroxylation is 1. The van der Waals surface area contributed by atoms with Crippen molar-refractivity contribution in [2.45, 2.75) is 64.7 Å². The van der Waals surface area contributed by atoms with E-state index in [4.69, 9.17) is 4.98 Å². The molecule has 1 aromatic heterocycles. The maximum Gasteiger partial charge on any atom is 0.312 e. The van der Waals surface area contributed by atoms with Crippen LogP contribution in [0, 0.1) is 0 Å². The largest absolute Gasteiger partial charge is 0.481 e. The molecule has 0 amide bonds. The Labute approximate surface area is 131 Å². The van der Waals surface area contributed by atoms with Crippen molar-refractivity contribution < 1.29 is 9.90 Å². The van der Waals surface area contributed by atoms with Crippen molar-refractivity contribution in [3.8, 4) is 0 Å². The maximum absolute atomic E-state index is 11.4. The quantitative estimate of drug-likeness (QED) is 0.787. The van der Waals surface area contributed by atoms with Crippen LogP contribution in [0.25, 0.3) is 0 Å². The highest BCUT2D eigenvalue weighted by atomic mass is 32.1. The van der Waals surface area contributed by atoms with Crippen molar-refractivity contribution in [2.75, 3.05) is 18.0 Å². The molecule has 4 nitrogen and oxygen atoms in total. The van der Waals surface area contributed by atoms with Crippen LogP contribution in [0.3, 0.4) is 0 Å². The number of anilines is 1. The van der Waals surface area contributed by atoms with Gasteiger partial charge in [-0.1, -0.05) is 26.7 Å². The van der Waals surface area contributed by atoms with E-state index >= 15 is 0 Å². The number of unbranched alkanes of at least 4 members (excludes halogenated alkanes) is 2. The minimum absolute atomic E-state index is 0.391. The van der Waals surface area contributed by atoms with Gasteiger partial charge >= 0.3 is 5.97 Å². The van der Waals surface area contributed by atoms with E-state index < -0.39 is 11.9 Å². The lowest BCUT2D eigenvalue weighted by molar-refractivity contribution is -0.139. The molecule has 0 aliphatic heterocycles. The van der Waals surface area contributed by atoms with Crippen LogP contribution in [0.5, 0.6) is 0 Å². The average molecular weight is 310 g/mol. The summed E-state index contributed by atoms with van der Waals surface area (Å²) in [6.07, 6.45) is 7.36. The highest BCUT2D eigenvalue weighted by molar-refractivity contribution is 7.15. The van der Waals surface area contributed by atoms with Crippen LogP contribution >= 0.6 is 11.3 Å². The molecule has 1 aliphatic carbocycles. The van der Waals surface area contributed by atoms with Gasteiger partial charge in [0.05, 0.1) is 5.69 Å². The Morgan fingerprint density at radius 1 is 1.33 bits per heavy atom. The lowest BCUT2D eigenvalue weighted by Gasteiger charge is -2.21. The van der Waals surface area contributed by atoms with Gasteiger partial charge in [0.1, 0.15) is 5.92 Å². The maximum atomic E-state index is 11.4. The number of hydrogen-bond acceptors (Lipinski definition) is 4. The molecule has 1 unspecified atom stereocenters. The van der Waals surface area contributed by atoms with Gasteiger partial charge in [0.2, 0.25) is 0 Å². The molecule has 2 rings (SSSR count). The number of carboxylic acids is 1. The average Bonchev–Trinajstić information content (AvgIpc) is 2.90. The molecule has 0 bridgehead atoms. The summed E-state index contributed by atoms with van der Waals surface area (Å²) in [5.74, 6) is -1.11. The third-order valence-electron chi connectivity index (χ3n) is 4.07. The predicted octanol–water partition coefficient (Wildman–Crippen LogP) is 4.05. The molecule has 0 saturated carbocycles. The van der Waals surface area contributed by atoms with Gasteiger partial charge in [0, 0.05) is 18.0 Å². The van der Waals surface area contributed by atoms with E-state index in [2.05, 4.69) is 18.7 Å². The monoisotopic (exact) mass is 310 g/mol. The number of hydrogen-bond donors (Lipinski definition) is 1. The molecular formula is C16H26N2O2S. The molecule has 1 aromatic rings. The Kier molecular flexibility index (Phi) is 6.03. The van der Waals surface area contributed by atoms with Crippen LogP contribution in [0.2, 0.25) is 0 Å². The first-order valence-corrected chi connectivity index (χ1v) is 8.96. The lowest BCUT2D eigenvalue weighted by atomic mass is 9.91. The normalized spacial score (nSPS) is 17.5. The highest BCUT2D eigenvalue weighted by Gasteiger charge is 2.30. The van der Waals surface area contributed by atoms with Crippen LogP contribution in [0.15, 0.2) is 0 Å². The number of carboxylic acid groups (broad SMARTS) is 1. The summed E-state index contributed by atoms with van der Waals surface area (Å²) in [5.41, 5.74) is 0.840. The van der Waals surface area contributed by atoms with Crippen molar-refractivity contribution in [3.63, 3.8) is 0 Å². The summed E-state index contributed by atoms with van der Waals surface area (Å²) >= 11 is 1.72. The minimum Gasteiger partial charge on any atom is -0.481 e. The molecule has 5 heteroatoms. The van der Waals surface area contributed by atoms with Gasteiger partial charge < -0.3 is 10.0 Å². The van der Waals surface area contributed by atoms with Crippen LogP contribution in [-0.2, 0) is 11.2 Å². The Hall–Kier alpha value is -1.10. The number of carbonyl (C=O) groups is 1. The second-order valence-electron chi connectivity index (χ2n) is 5.78. The molecule has 118 valence electrons. The number of aromatic nitrogens is 1. The summed E-state index contributed by atoms with van der Waals surface area (Å²) in [5, 5.41) is 10.4. The molecule has 1 N–H and O–H groups in total. The predicted molar refractivity (Wildman–Crippen MR) is 87.5 cm³/mol. The fourth-order valence-electron chi connectivity index (χ4n) is 2.78. The number of rotatable bonds is 8. The van der Waals surface area contributed by atoms with E-state index in [9.17, 15) is 9.90 Å². The Morgan fingerprint density at radius 2 is 2.00 bits per heavy atom. The van der Waals surface area contributed by atoms with Crippen LogP contribution in [-0.4, -0.2) is 29.1 Å². The number of aliphatic carboxylic acids is 1. The summed E-state index contributed by atoms with van der Waals surface area (Å²) in [7, 11) is 0. The van der Waals surface area contributed by atoms with Crippen LogP contribution in [0.4, 0.5) is 5.13 Å². The van der Waals surface area contributed by atoms with Crippen LogP contribution in [0.1, 0.15) is 68.9 Å². The van der Waals surface area contributed by atoms with Gasteiger partial charge in [0.15, 0.2) is 5.13 Å². The summed E-state index contributed by atoms with van der Waals surface area (Å²) < 4.78 is 0. The van der Waals surface area contributed by atoms with Crippen molar-refractivity contribution >= 4 is 22.4 Å². The number of nitrogens with zero attached hydrogens (tertiary/aromatic N) is 2. The smallest absolute Gasteiger partial charge is 0.312 e. The standard InChI is InChI=1S/C16H26N2O2S/c1-3-5-10-18(11-6-4-2)16-17-14-12(15(19)20)8-7-9-13(14)21-16/h12H,3-11H2,1-2H3,(H,19,20). The molecule has 0 saturated heterocycles. The molecule has 1 heterocycles. The molecule has 0 aromatic carbocycles. The van der Waals surface area contributed by atoms with Crippen molar-refractivity contribution in [2.24, 2.45) is 0 Å². The third kappa shape index (κ3) is 3.96.